The second kappa shape index (κ2) is 8.05. The van der Waals surface area contributed by atoms with Crippen molar-refractivity contribution in [1.82, 2.24) is 4.90 Å². The van der Waals surface area contributed by atoms with Crippen molar-refractivity contribution >= 4 is 40.7 Å². The molecule has 2 aromatic rings. The molecule has 0 bridgehead atoms. The summed E-state index contributed by atoms with van der Waals surface area (Å²) in [6.45, 7) is 3.85. The first-order chi connectivity index (χ1) is 12.0. The van der Waals surface area contributed by atoms with Crippen LogP contribution in [0, 0.1) is 0 Å². The second-order valence-corrected chi connectivity index (χ2v) is 7.01. The molecule has 130 valence electrons. The SMILES string of the molecule is CN1CCN(c2ccccc2C(=O)C=Cc2ccc(Cl)cc2Cl)CC1. The summed E-state index contributed by atoms with van der Waals surface area (Å²) in [5.74, 6) is -0.0273. The van der Waals surface area contributed by atoms with Gasteiger partial charge in [-0.05, 0) is 49.0 Å². The third-order valence-corrected chi connectivity index (χ3v) is 4.95. The van der Waals surface area contributed by atoms with E-state index in [0.29, 0.717) is 15.6 Å². The van der Waals surface area contributed by atoms with Crippen LogP contribution in [0.3, 0.4) is 0 Å². The smallest absolute Gasteiger partial charge is 0.187 e. The maximum absolute atomic E-state index is 12.7. The number of benzene rings is 2. The first kappa shape index (κ1) is 18.0. The number of anilines is 1. The molecule has 1 aliphatic rings. The van der Waals surface area contributed by atoms with E-state index in [-0.39, 0.29) is 5.78 Å². The zero-order valence-electron chi connectivity index (χ0n) is 14.1. The summed E-state index contributed by atoms with van der Waals surface area (Å²) < 4.78 is 0. The van der Waals surface area contributed by atoms with Gasteiger partial charge in [0.05, 0.1) is 0 Å². The number of likely N-dealkylation sites (N-methyl/N-ethyl adjacent to an activating group) is 1. The number of para-hydroxylation sites is 1. The van der Waals surface area contributed by atoms with E-state index in [2.05, 4.69) is 16.8 Å². The van der Waals surface area contributed by atoms with E-state index in [1.807, 2.05) is 24.3 Å². The Morgan fingerprint density at radius 3 is 2.48 bits per heavy atom. The summed E-state index contributed by atoms with van der Waals surface area (Å²) in [6, 6.07) is 13.0. The number of rotatable bonds is 4. The van der Waals surface area contributed by atoms with Gasteiger partial charge in [0, 0.05) is 47.5 Å². The van der Waals surface area contributed by atoms with Crippen molar-refractivity contribution in [2.75, 3.05) is 38.1 Å². The molecule has 0 saturated carbocycles. The third kappa shape index (κ3) is 4.43. The van der Waals surface area contributed by atoms with Crippen molar-refractivity contribution < 1.29 is 4.79 Å². The van der Waals surface area contributed by atoms with Gasteiger partial charge in [0.25, 0.3) is 0 Å². The van der Waals surface area contributed by atoms with Gasteiger partial charge in [-0.2, -0.15) is 0 Å². The number of carbonyl (C=O) groups is 1. The molecule has 0 N–H and O–H groups in total. The fourth-order valence-corrected chi connectivity index (χ4v) is 3.37. The first-order valence-corrected chi connectivity index (χ1v) is 9.00. The number of piperazine rings is 1. The Balaban J connectivity index is 1.81. The van der Waals surface area contributed by atoms with Crippen molar-refractivity contribution in [3.8, 4) is 0 Å². The van der Waals surface area contributed by atoms with Crippen molar-refractivity contribution in [2.24, 2.45) is 0 Å². The molecule has 0 aromatic heterocycles. The molecule has 0 unspecified atom stereocenters. The van der Waals surface area contributed by atoms with Gasteiger partial charge >= 0.3 is 0 Å². The van der Waals surface area contributed by atoms with Gasteiger partial charge in [-0.25, -0.2) is 0 Å². The average molecular weight is 375 g/mol. The Hall–Kier alpha value is -1.81. The van der Waals surface area contributed by atoms with E-state index in [4.69, 9.17) is 23.2 Å². The molecule has 0 aliphatic carbocycles. The number of nitrogens with zero attached hydrogens (tertiary/aromatic N) is 2. The van der Waals surface area contributed by atoms with Crippen LogP contribution in [0.5, 0.6) is 0 Å². The Morgan fingerprint density at radius 1 is 1.04 bits per heavy atom. The summed E-state index contributed by atoms with van der Waals surface area (Å²) >= 11 is 12.1. The number of ketones is 1. The minimum absolute atomic E-state index is 0.0273. The van der Waals surface area contributed by atoms with Gasteiger partial charge in [0.1, 0.15) is 0 Å². The number of allylic oxidation sites excluding steroid dienone is 1. The largest absolute Gasteiger partial charge is 0.368 e. The Kier molecular flexibility index (Phi) is 5.79. The zero-order chi connectivity index (χ0) is 17.8. The zero-order valence-corrected chi connectivity index (χ0v) is 15.6. The van der Waals surface area contributed by atoms with Crippen LogP contribution in [0.4, 0.5) is 5.69 Å². The number of hydrogen-bond acceptors (Lipinski definition) is 3. The summed E-state index contributed by atoms with van der Waals surface area (Å²) in [6.07, 6.45) is 3.31. The van der Waals surface area contributed by atoms with Crippen molar-refractivity contribution in [3.05, 3.63) is 69.7 Å². The lowest BCUT2D eigenvalue weighted by molar-refractivity contribution is 0.104. The molecule has 1 heterocycles. The van der Waals surface area contributed by atoms with Crippen molar-refractivity contribution in [1.29, 1.82) is 0 Å². The van der Waals surface area contributed by atoms with Gasteiger partial charge in [-0.3, -0.25) is 4.79 Å². The van der Waals surface area contributed by atoms with Crippen LogP contribution in [-0.2, 0) is 0 Å². The molecule has 0 amide bonds. The maximum atomic E-state index is 12.7. The molecule has 1 fully saturated rings. The number of halogens is 2. The van der Waals surface area contributed by atoms with Gasteiger partial charge in [0.15, 0.2) is 5.78 Å². The lowest BCUT2D eigenvalue weighted by atomic mass is 10.1. The van der Waals surface area contributed by atoms with Gasteiger partial charge in [-0.15, -0.1) is 0 Å². The first-order valence-electron chi connectivity index (χ1n) is 8.24. The predicted octanol–water partition coefficient (Wildman–Crippen LogP) is 4.64. The van der Waals surface area contributed by atoms with Gasteiger partial charge < -0.3 is 9.80 Å². The monoisotopic (exact) mass is 374 g/mol. The molecular formula is C20H20Cl2N2O. The standard InChI is InChI=1S/C20H20Cl2N2O/c1-23-10-12-24(13-11-23)19-5-3-2-4-17(19)20(25)9-7-15-6-8-16(21)14-18(15)22/h2-9,14H,10-13H2,1H3. The molecule has 1 aliphatic heterocycles. The fourth-order valence-electron chi connectivity index (χ4n) is 2.90. The van der Waals surface area contributed by atoms with Crippen LogP contribution >= 0.6 is 23.2 Å². The fraction of sp³-hybridized carbons (Fsp3) is 0.250. The molecular weight excluding hydrogens is 355 g/mol. The quantitative estimate of drug-likeness (QED) is 0.575. The van der Waals surface area contributed by atoms with Crippen LogP contribution in [0.1, 0.15) is 15.9 Å². The van der Waals surface area contributed by atoms with E-state index in [0.717, 1.165) is 37.4 Å². The molecule has 3 nitrogen and oxygen atoms in total. The highest BCUT2D eigenvalue weighted by Gasteiger charge is 2.18. The average Bonchev–Trinajstić information content (AvgIpc) is 2.61. The third-order valence-electron chi connectivity index (χ3n) is 4.39. The number of hydrogen-bond donors (Lipinski definition) is 0. The molecule has 5 heteroatoms. The van der Waals surface area contributed by atoms with E-state index in [1.165, 1.54) is 0 Å². The number of carbonyl (C=O) groups excluding carboxylic acids is 1. The molecule has 2 aromatic carbocycles. The molecule has 3 rings (SSSR count). The maximum Gasteiger partial charge on any atom is 0.187 e. The molecule has 1 saturated heterocycles. The Labute approximate surface area is 158 Å². The molecule has 0 spiro atoms. The molecule has 25 heavy (non-hydrogen) atoms. The predicted molar refractivity (Wildman–Crippen MR) is 106 cm³/mol. The van der Waals surface area contributed by atoms with Crippen LogP contribution in [0.25, 0.3) is 6.08 Å². The Bertz CT molecular complexity index is 796. The summed E-state index contributed by atoms with van der Waals surface area (Å²) in [7, 11) is 2.12. The van der Waals surface area contributed by atoms with Crippen LogP contribution in [0.2, 0.25) is 10.0 Å². The highest BCUT2D eigenvalue weighted by atomic mass is 35.5. The Morgan fingerprint density at radius 2 is 1.76 bits per heavy atom. The van der Waals surface area contributed by atoms with Crippen LogP contribution in [0.15, 0.2) is 48.5 Å². The van der Waals surface area contributed by atoms with E-state index in [9.17, 15) is 4.79 Å². The lowest BCUT2D eigenvalue weighted by Gasteiger charge is -2.34. The highest BCUT2D eigenvalue weighted by molar-refractivity contribution is 6.35. The minimum atomic E-state index is -0.0273. The van der Waals surface area contributed by atoms with Gasteiger partial charge in [0.2, 0.25) is 0 Å². The summed E-state index contributed by atoms with van der Waals surface area (Å²) in [4.78, 5) is 17.3. The lowest BCUT2D eigenvalue weighted by Crippen LogP contribution is -2.44. The minimum Gasteiger partial charge on any atom is -0.368 e. The summed E-state index contributed by atoms with van der Waals surface area (Å²) in [5, 5.41) is 1.11. The normalized spacial score (nSPS) is 15.7. The topological polar surface area (TPSA) is 23.6 Å². The van der Waals surface area contributed by atoms with Crippen LogP contribution < -0.4 is 4.90 Å². The summed E-state index contributed by atoms with van der Waals surface area (Å²) in [5.41, 5.74) is 2.48. The second-order valence-electron chi connectivity index (χ2n) is 6.17. The van der Waals surface area contributed by atoms with Crippen molar-refractivity contribution in [3.63, 3.8) is 0 Å². The van der Waals surface area contributed by atoms with E-state index in [1.54, 1.807) is 30.4 Å². The highest BCUT2D eigenvalue weighted by Crippen LogP contribution is 2.25. The molecule has 0 atom stereocenters. The van der Waals surface area contributed by atoms with Gasteiger partial charge in [-0.1, -0.05) is 41.4 Å². The van der Waals surface area contributed by atoms with Crippen molar-refractivity contribution in [2.45, 2.75) is 0 Å². The van der Waals surface area contributed by atoms with E-state index >= 15 is 0 Å². The van der Waals surface area contributed by atoms with Crippen LogP contribution in [-0.4, -0.2) is 43.9 Å². The van der Waals surface area contributed by atoms with E-state index < -0.39 is 0 Å². The molecule has 0 radical (unpaired) electrons.